The molecule has 0 saturated carbocycles. The third kappa shape index (κ3) is 3.83. The predicted molar refractivity (Wildman–Crippen MR) is 79.0 cm³/mol. The number of carbonyl (C=O) groups is 1. The zero-order valence-electron chi connectivity index (χ0n) is 13.0. The van der Waals surface area contributed by atoms with Crippen molar-refractivity contribution in [2.45, 2.75) is 45.8 Å². The van der Waals surface area contributed by atoms with Crippen LogP contribution in [0.4, 0.5) is 0 Å². The molecule has 0 aliphatic carbocycles. The number of carboxylic acids is 1. The highest BCUT2D eigenvalue weighted by Gasteiger charge is 2.37. The van der Waals surface area contributed by atoms with Gasteiger partial charge in [-0.3, -0.25) is 14.4 Å². The average molecular weight is 295 g/mol. The number of carboxylic acid groups (broad SMARTS) is 1. The van der Waals surface area contributed by atoms with Gasteiger partial charge < -0.3 is 9.84 Å². The van der Waals surface area contributed by atoms with Gasteiger partial charge >= 0.3 is 5.97 Å². The third-order valence-electron chi connectivity index (χ3n) is 3.92. The van der Waals surface area contributed by atoms with Gasteiger partial charge in [0, 0.05) is 30.4 Å². The van der Waals surface area contributed by atoms with E-state index in [1.165, 1.54) is 0 Å². The Labute approximate surface area is 125 Å². The summed E-state index contributed by atoms with van der Waals surface area (Å²) in [5, 5.41) is 13.7. The molecule has 0 bridgehead atoms. The van der Waals surface area contributed by atoms with Crippen LogP contribution in [0.3, 0.4) is 0 Å². The first-order valence-corrected chi connectivity index (χ1v) is 7.60. The molecule has 1 aromatic heterocycles. The molecule has 0 amide bonds. The monoisotopic (exact) mass is 295 g/mol. The maximum Gasteiger partial charge on any atom is 0.310 e. The van der Waals surface area contributed by atoms with Crippen LogP contribution in [0.2, 0.25) is 0 Å². The number of aromatic nitrogens is 2. The van der Waals surface area contributed by atoms with E-state index >= 15 is 0 Å². The lowest BCUT2D eigenvalue weighted by molar-refractivity contribution is -0.143. The Morgan fingerprint density at radius 1 is 1.57 bits per heavy atom. The van der Waals surface area contributed by atoms with Gasteiger partial charge in [0.05, 0.1) is 25.3 Å². The van der Waals surface area contributed by atoms with E-state index in [9.17, 15) is 9.90 Å². The predicted octanol–water partition coefficient (Wildman–Crippen LogP) is 1.78. The van der Waals surface area contributed by atoms with Crippen molar-refractivity contribution in [3.63, 3.8) is 0 Å². The molecule has 1 aliphatic rings. The largest absolute Gasteiger partial charge is 0.481 e. The lowest BCUT2D eigenvalue weighted by Crippen LogP contribution is -2.43. The van der Waals surface area contributed by atoms with Crippen LogP contribution >= 0.6 is 0 Å². The fourth-order valence-corrected chi connectivity index (χ4v) is 2.76. The standard InChI is InChI=1S/C15H25N3O3/c1-4-5-17(14-10-21-9-13(14)15(19)20)7-12-6-16-18(8-12)11(2)3/h6,8,11,13-14H,4-5,7,9-10H2,1-3H3,(H,19,20). The molecule has 1 aliphatic heterocycles. The van der Waals surface area contributed by atoms with E-state index in [-0.39, 0.29) is 6.04 Å². The minimum Gasteiger partial charge on any atom is -0.481 e. The first-order valence-electron chi connectivity index (χ1n) is 7.60. The average Bonchev–Trinajstić information content (AvgIpc) is 3.07. The summed E-state index contributed by atoms with van der Waals surface area (Å²) in [5.74, 6) is -1.20. The highest BCUT2D eigenvalue weighted by Crippen LogP contribution is 2.22. The van der Waals surface area contributed by atoms with Crippen LogP contribution in [-0.4, -0.2) is 51.6 Å². The fraction of sp³-hybridized carbons (Fsp3) is 0.733. The van der Waals surface area contributed by atoms with Crippen LogP contribution in [0.5, 0.6) is 0 Å². The SMILES string of the molecule is CCCN(Cc1cnn(C(C)C)c1)C1COCC1C(=O)O. The van der Waals surface area contributed by atoms with Crippen molar-refractivity contribution in [1.29, 1.82) is 0 Å². The second-order valence-electron chi connectivity index (χ2n) is 5.94. The zero-order chi connectivity index (χ0) is 15.4. The highest BCUT2D eigenvalue weighted by molar-refractivity contribution is 5.71. The summed E-state index contributed by atoms with van der Waals surface area (Å²) in [5.41, 5.74) is 1.12. The molecular weight excluding hydrogens is 270 g/mol. The smallest absolute Gasteiger partial charge is 0.310 e. The first kappa shape index (κ1) is 16.0. The quantitative estimate of drug-likeness (QED) is 0.830. The van der Waals surface area contributed by atoms with E-state index in [4.69, 9.17) is 4.74 Å². The van der Waals surface area contributed by atoms with Gasteiger partial charge in [-0.2, -0.15) is 5.10 Å². The molecule has 1 aromatic rings. The Morgan fingerprint density at radius 2 is 2.33 bits per heavy atom. The highest BCUT2D eigenvalue weighted by atomic mass is 16.5. The van der Waals surface area contributed by atoms with Crippen molar-refractivity contribution in [2.75, 3.05) is 19.8 Å². The number of hydrogen-bond acceptors (Lipinski definition) is 4. The Balaban J connectivity index is 2.09. The van der Waals surface area contributed by atoms with Gasteiger partial charge in [0.25, 0.3) is 0 Å². The summed E-state index contributed by atoms with van der Waals surface area (Å²) in [6.07, 6.45) is 4.90. The molecule has 1 N–H and O–H groups in total. The topological polar surface area (TPSA) is 67.6 Å². The maximum absolute atomic E-state index is 11.3. The summed E-state index contributed by atoms with van der Waals surface area (Å²) in [6, 6.07) is 0.282. The van der Waals surface area contributed by atoms with Crippen LogP contribution in [0, 0.1) is 5.92 Å². The van der Waals surface area contributed by atoms with Gasteiger partial charge in [-0.1, -0.05) is 6.92 Å². The summed E-state index contributed by atoms with van der Waals surface area (Å²) in [7, 11) is 0. The molecule has 118 valence electrons. The Morgan fingerprint density at radius 3 is 2.90 bits per heavy atom. The molecule has 6 heteroatoms. The number of rotatable bonds is 7. The van der Waals surface area contributed by atoms with Gasteiger partial charge in [0.1, 0.15) is 0 Å². The summed E-state index contributed by atoms with van der Waals surface area (Å²) < 4.78 is 7.33. The Hall–Kier alpha value is -1.40. The van der Waals surface area contributed by atoms with Crippen molar-refractivity contribution in [3.8, 4) is 0 Å². The summed E-state index contributed by atoms with van der Waals surface area (Å²) in [6.45, 7) is 8.68. The molecule has 21 heavy (non-hydrogen) atoms. The molecule has 1 saturated heterocycles. The van der Waals surface area contributed by atoms with Crippen LogP contribution in [0.1, 0.15) is 38.8 Å². The number of nitrogens with zero attached hydrogens (tertiary/aromatic N) is 3. The second kappa shape index (κ2) is 7.04. The molecule has 2 rings (SSSR count). The molecule has 0 aromatic carbocycles. The van der Waals surface area contributed by atoms with Gasteiger partial charge in [-0.25, -0.2) is 0 Å². The van der Waals surface area contributed by atoms with Crippen LogP contribution in [-0.2, 0) is 16.1 Å². The van der Waals surface area contributed by atoms with Gasteiger partial charge in [-0.05, 0) is 26.8 Å². The summed E-state index contributed by atoms with van der Waals surface area (Å²) in [4.78, 5) is 13.6. The molecule has 2 unspecified atom stereocenters. The first-order chi connectivity index (χ1) is 10.0. The van der Waals surface area contributed by atoms with E-state index in [0.717, 1.165) is 25.1 Å². The molecule has 2 atom stereocenters. The maximum atomic E-state index is 11.3. The van der Waals surface area contributed by atoms with E-state index in [0.29, 0.717) is 19.3 Å². The molecule has 2 heterocycles. The normalized spacial score (nSPS) is 22.3. The van der Waals surface area contributed by atoms with Crippen molar-refractivity contribution < 1.29 is 14.6 Å². The number of ether oxygens (including phenoxy) is 1. The minimum atomic E-state index is -0.767. The molecular formula is C15H25N3O3. The Kier molecular flexibility index (Phi) is 5.36. The molecule has 6 nitrogen and oxygen atoms in total. The minimum absolute atomic E-state index is 0.0511. The lowest BCUT2D eigenvalue weighted by atomic mass is 10.0. The van der Waals surface area contributed by atoms with Crippen molar-refractivity contribution in [2.24, 2.45) is 5.92 Å². The Bertz CT molecular complexity index is 472. The number of hydrogen-bond donors (Lipinski definition) is 1. The van der Waals surface area contributed by atoms with Gasteiger partial charge in [-0.15, -0.1) is 0 Å². The van der Waals surface area contributed by atoms with Crippen LogP contribution in [0.25, 0.3) is 0 Å². The van der Waals surface area contributed by atoms with Crippen LogP contribution in [0.15, 0.2) is 12.4 Å². The van der Waals surface area contributed by atoms with Gasteiger partial charge in [0.15, 0.2) is 0 Å². The van der Waals surface area contributed by atoms with E-state index in [1.54, 1.807) is 0 Å². The molecule has 0 spiro atoms. The molecule has 0 radical (unpaired) electrons. The van der Waals surface area contributed by atoms with E-state index < -0.39 is 11.9 Å². The van der Waals surface area contributed by atoms with E-state index in [2.05, 4.69) is 30.8 Å². The lowest BCUT2D eigenvalue weighted by Gasteiger charge is -2.29. The zero-order valence-corrected chi connectivity index (χ0v) is 13.0. The molecule has 1 fully saturated rings. The van der Waals surface area contributed by atoms with Crippen molar-refractivity contribution >= 4 is 5.97 Å². The van der Waals surface area contributed by atoms with Crippen molar-refractivity contribution in [3.05, 3.63) is 18.0 Å². The second-order valence-corrected chi connectivity index (χ2v) is 5.94. The third-order valence-corrected chi connectivity index (χ3v) is 3.92. The fourth-order valence-electron chi connectivity index (χ4n) is 2.76. The van der Waals surface area contributed by atoms with Crippen molar-refractivity contribution in [1.82, 2.24) is 14.7 Å². The summed E-state index contributed by atoms with van der Waals surface area (Å²) >= 11 is 0. The van der Waals surface area contributed by atoms with Gasteiger partial charge in [0.2, 0.25) is 0 Å². The van der Waals surface area contributed by atoms with E-state index in [1.807, 2.05) is 17.1 Å². The number of aliphatic carboxylic acids is 1. The van der Waals surface area contributed by atoms with Crippen LogP contribution < -0.4 is 0 Å².